The summed E-state index contributed by atoms with van der Waals surface area (Å²) in [4.78, 5) is 12.4. The van der Waals surface area contributed by atoms with Gasteiger partial charge in [0.05, 0.1) is 5.69 Å². The summed E-state index contributed by atoms with van der Waals surface area (Å²) in [6.07, 6.45) is 6.21. The van der Waals surface area contributed by atoms with Crippen molar-refractivity contribution in [2.24, 2.45) is 0 Å². The minimum absolute atomic E-state index is 0.0551. The van der Waals surface area contributed by atoms with E-state index in [0.717, 1.165) is 47.1 Å². The van der Waals surface area contributed by atoms with E-state index in [1.807, 2.05) is 0 Å². The average Bonchev–Trinajstić information content (AvgIpc) is 2.82. The van der Waals surface area contributed by atoms with Crippen molar-refractivity contribution in [3.63, 3.8) is 0 Å². The predicted molar refractivity (Wildman–Crippen MR) is 96.0 cm³/mol. The molecule has 1 N–H and O–H groups in total. The predicted octanol–water partition coefficient (Wildman–Crippen LogP) is 2.28. The molecule has 0 atom stereocenters. The van der Waals surface area contributed by atoms with Crippen LogP contribution in [-0.4, -0.2) is 45.3 Å². The van der Waals surface area contributed by atoms with Crippen LogP contribution in [0.15, 0.2) is 24.3 Å². The maximum atomic E-state index is 14.1. The van der Waals surface area contributed by atoms with Crippen molar-refractivity contribution >= 4 is 21.8 Å². The molecule has 1 amide bonds. The van der Waals surface area contributed by atoms with Crippen LogP contribution in [0.4, 0.5) is 10.1 Å². The molecule has 0 unspecified atom stereocenters. The molecule has 1 aromatic carbocycles. The Labute approximate surface area is 149 Å². The third kappa shape index (κ3) is 5.15. The second kappa shape index (κ2) is 8.62. The lowest BCUT2D eigenvalue weighted by Gasteiger charge is -2.28. The average molecular weight is 371 g/mol. The van der Waals surface area contributed by atoms with E-state index in [1.54, 1.807) is 6.07 Å². The van der Waals surface area contributed by atoms with Gasteiger partial charge in [-0.05, 0) is 25.0 Å². The van der Waals surface area contributed by atoms with E-state index in [-0.39, 0.29) is 11.7 Å². The number of nitrogens with zero attached hydrogens (tertiary/aromatic N) is 2. The van der Waals surface area contributed by atoms with E-state index in [9.17, 15) is 17.6 Å². The number of hydrogen-bond acceptors (Lipinski definition) is 3. The number of carbonyl (C=O) groups is 1. The van der Waals surface area contributed by atoms with Crippen LogP contribution in [-0.2, 0) is 15.0 Å². The third-order valence-corrected chi connectivity index (χ3v) is 6.17. The lowest BCUT2D eigenvalue weighted by atomic mass is 10.1. The normalized spacial score (nSPS) is 16.5. The summed E-state index contributed by atoms with van der Waals surface area (Å²) in [5.74, 6) is -1.10. The van der Waals surface area contributed by atoms with Crippen molar-refractivity contribution < 1.29 is 17.6 Å². The minimum Gasteiger partial charge on any atom is -0.352 e. The molecule has 1 aliphatic carbocycles. The molecule has 0 heterocycles. The van der Waals surface area contributed by atoms with E-state index in [4.69, 9.17) is 0 Å². The lowest BCUT2D eigenvalue weighted by molar-refractivity contribution is -0.120. The van der Waals surface area contributed by atoms with E-state index < -0.39 is 28.5 Å². The van der Waals surface area contributed by atoms with Gasteiger partial charge in [0, 0.05) is 20.1 Å². The molecule has 1 aromatic rings. The summed E-state index contributed by atoms with van der Waals surface area (Å²) in [5, 5.41) is 2.90. The van der Waals surface area contributed by atoms with Crippen molar-refractivity contribution in [1.29, 1.82) is 0 Å². The molecule has 1 fully saturated rings. The van der Waals surface area contributed by atoms with Crippen LogP contribution in [0.1, 0.15) is 38.5 Å². The summed E-state index contributed by atoms with van der Waals surface area (Å²) in [6.45, 7) is -0.446. The number of amides is 1. The van der Waals surface area contributed by atoms with Gasteiger partial charge in [-0.2, -0.15) is 12.7 Å². The van der Waals surface area contributed by atoms with E-state index in [0.29, 0.717) is 0 Å². The van der Waals surface area contributed by atoms with Crippen LogP contribution in [0, 0.1) is 5.82 Å². The number of rotatable bonds is 6. The molecular weight excluding hydrogens is 345 g/mol. The molecule has 0 bridgehead atoms. The van der Waals surface area contributed by atoms with Crippen molar-refractivity contribution in [3.8, 4) is 0 Å². The summed E-state index contributed by atoms with van der Waals surface area (Å²) in [7, 11) is -1.28. The molecule has 8 heteroatoms. The lowest BCUT2D eigenvalue weighted by Crippen LogP contribution is -2.48. The molecule has 140 valence electrons. The van der Waals surface area contributed by atoms with Gasteiger partial charge in [0.2, 0.25) is 5.91 Å². The van der Waals surface area contributed by atoms with E-state index in [2.05, 4.69) is 5.32 Å². The summed E-state index contributed by atoms with van der Waals surface area (Å²) in [5.41, 5.74) is -0.132. The van der Waals surface area contributed by atoms with Crippen molar-refractivity contribution in [1.82, 2.24) is 9.62 Å². The van der Waals surface area contributed by atoms with Crippen LogP contribution < -0.4 is 9.62 Å². The van der Waals surface area contributed by atoms with Crippen LogP contribution in [0.2, 0.25) is 0 Å². The van der Waals surface area contributed by atoms with Crippen LogP contribution in [0.25, 0.3) is 0 Å². The topological polar surface area (TPSA) is 69.7 Å². The second-order valence-electron chi connectivity index (χ2n) is 6.50. The van der Waals surface area contributed by atoms with Gasteiger partial charge >= 0.3 is 10.2 Å². The molecule has 0 saturated heterocycles. The van der Waals surface area contributed by atoms with Crippen molar-refractivity contribution in [2.75, 3.05) is 24.9 Å². The van der Waals surface area contributed by atoms with Gasteiger partial charge in [-0.25, -0.2) is 8.70 Å². The SMILES string of the molecule is CN(C)S(=O)(=O)N(CC(=O)NC1CCCCCC1)c1ccccc1F. The molecule has 0 aromatic heterocycles. The maximum Gasteiger partial charge on any atom is 0.304 e. The Morgan fingerprint density at radius 1 is 1.16 bits per heavy atom. The zero-order chi connectivity index (χ0) is 18.4. The first-order valence-electron chi connectivity index (χ1n) is 8.56. The van der Waals surface area contributed by atoms with Gasteiger partial charge in [0.1, 0.15) is 12.4 Å². The highest BCUT2D eigenvalue weighted by atomic mass is 32.2. The Morgan fingerprint density at radius 3 is 2.32 bits per heavy atom. The number of carbonyl (C=O) groups excluding carboxylic acids is 1. The van der Waals surface area contributed by atoms with Crippen molar-refractivity contribution in [2.45, 2.75) is 44.6 Å². The first kappa shape index (κ1) is 19.7. The molecule has 0 radical (unpaired) electrons. The molecule has 6 nitrogen and oxygen atoms in total. The summed E-state index contributed by atoms with van der Waals surface area (Å²) < 4.78 is 41.1. The van der Waals surface area contributed by atoms with Crippen LogP contribution >= 0.6 is 0 Å². The quantitative estimate of drug-likeness (QED) is 0.780. The van der Waals surface area contributed by atoms with Gasteiger partial charge in [0.15, 0.2) is 0 Å². The molecule has 1 aliphatic rings. The Bertz CT molecular complexity index is 686. The van der Waals surface area contributed by atoms with Crippen molar-refractivity contribution in [3.05, 3.63) is 30.1 Å². The fourth-order valence-electron chi connectivity index (χ4n) is 2.97. The van der Waals surface area contributed by atoms with Crippen LogP contribution in [0.3, 0.4) is 0 Å². The van der Waals surface area contributed by atoms with Gasteiger partial charge in [-0.15, -0.1) is 0 Å². The Balaban J connectivity index is 2.19. The largest absolute Gasteiger partial charge is 0.352 e. The minimum atomic E-state index is -3.99. The fourth-order valence-corrected chi connectivity index (χ4v) is 4.04. The molecule has 0 aliphatic heterocycles. The smallest absolute Gasteiger partial charge is 0.304 e. The van der Waals surface area contributed by atoms with Gasteiger partial charge in [-0.3, -0.25) is 4.79 Å². The number of halogens is 1. The highest BCUT2D eigenvalue weighted by molar-refractivity contribution is 7.90. The highest BCUT2D eigenvalue weighted by Crippen LogP contribution is 2.23. The fraction of sp³-hybridized carbons (Fsp3) is 0.588. The number of hydrogen-bond donors (Lipinski definition) is 1. The Kier molecular flexibility index (Phi) is 6.78. The maximum absolute atomic E-state index is 14.1. The highest BCUT2D eigenvalue weighted by Gasteiger charge is 2.29. The number of benzene rings is 1. The second-order valence-corrected chi connectivity index (χ2v) is 8.57. The van der Waals surface area contributed by atoms with Gasteiger partial charge < -0.3 is 5.32 Å². The zero-order valence-corrected chi connectivity index (χ0v) is 15.6. The third-order valence-electron chi connectivity index (χ3n) is 4.37. The molecular formula is C17H26FN3O3S. The van der Waals surface area contributed by atoms with E-state index in [1.165, 1.54) is 32.3 Å². The standard InChI is InChI=1S/C17H26FN3O3S/c1-20(2)25(23,24)21(16-12-8-7-11-15(16)18)13-17(22)19-14-9-5-3-4-6-10-14/h7-8,11-12,14H,3-6,9-10,13H2,1-2H3,(H,19,22). The zero-order valence-electron chi connectivity index (χ0n) is 14.7. The number of nitrogens with one attached hydrogen (secondary N) is 1. The van der Waals surface area contributed by atoms with Gasteiger partial charge in [-0.1, -0.05) is 37.8 Å². The van der Waals surface area contributed by atoms with Crippen LogP contribution in [0.5, 0.6) is 0 Å². The molecule has 25 heavy (non-hydrogen) atoms. The number of anilines is 1. The summed E-state index contributed by atoms with van der Waals surface area (Å²) >= 11 is 0. The first-order valence-corrected chi connectivity index (χ1v) is 9.96. The number of para-hydroxylation sites is 1. The first-order chi connectivity index (χ1) is 11.8. The molecule has 1 saturated carbocycles. The molecule has 0 spiro atoms. The Hall–Kier alpha value is -1.67. The van der Waals surface area contributed by atoms with E-state index >= 15 is 0 Å². The van der Waals surface area contributed by atoms with Gasteiger partial charge in [0.25, 0.3) is 0 Å². The summed E-state index contributed by atoms with van der Waals surface area (Å²) in [6, 6.07) is 5.61. The molecule has 2 rings (SSSR count). The Morgan fingerprint density at radius 2 is 1.76 bits per heavy atom. The monoisotopic (exact) mass is 371 g/mol.